The van der Waals surface area contributed by atoms with Crippen molar-refractivity contribution in [2.24, 2.45) is 0 Å². The molecule has 1 N–H and O–H groups in total. The van der Waals surface area contributed by atoms with Crippen molar-refractivity contribution in [1.82, 2.24) is 0 Å². The van der Waals surface area contributed by atoms with Gasteiger partial charge in [-0.3, -0.25) is 0 Å². The third-order valence-corrected chi connectivity index (χ3v) is 3.14. The van der Waals surface area contributed by atoms with E-state index in [-0.39, 0.29) is 6.61 Å². The number of unbranched alkanes of at least 4 members (excludes halogenated alkanes) is 3. The Morgan fingerprint density at radius 1 is 1.00 bits per heavy atom. The van der Waals surface area contributed by atoms with Crippen molar-refractivity contribution < 1.29 is 5.11 Å². The largest absolute Gasteiger partial charge is 0.396 e. The molecule has 1 aromatic carbocycles. The fourth-order valence-electron chi connectivity index (χ4n) is 2.03. The Hall–Kier alpha value is -1.34. The molecule has 0 amide bonds. The quantitative estimate of drug-likeness (QED) is 0.496. The molecule has 1 rings (SSSR count). The fraction of sp³-hybridized carbons (Fsp3) is 0.444. The Balaban J connectivity index is 2.59. The number of aliphatic hydroxyl groups is 1. The van der Waals surface area contributed by atoms with Crippen LogP contribution in [0.25, 0.3) is 0 Å². The van der Waals surface area contributed by atoms with Gasteiger partial charge in [0.25, 0.3) is 0 Å². The number of aliphatic hydroxyl groups excluding tert-OH is 1. The first-order valence-electron chi connectivity index (χ1n) is 7.37. The first-order valence-corrected chi connectivity index (χ1v) is 7.37. The zero-order valence-corrected chi connectivity index (χ0v) is 12.0. The molecule has 1 heteroatoms. The average molecular weight is 258 g/mol. The molecule has 0 aliphatic rings. The van der Waals surface area contributed by atoms with Crippen LogP contribution < -0.4 is 0 Å². The summed E-state index contributed by atoms with van der Waals surface area (Å²) in [5.74, 6) is 0.328. The highest BCUT2D eigenvalue weighted by molar-refractivity contribution is 5.28. The molecule has 19 heavy (non-hydrogen) atoms. The lowest BCUT2D eigenvalue weighted by molar-refractivity contribution is 0.302. The first kappa shape index (κ1) is 15.7. The lowest BCUT2D eigenvalue weighted by Gasteiger charge is -2.08. The minimum atomic E-state index is 0.220. The Morgan fingerprint density at radius 3 is 2.32 bits per heavy atom. The van der Waals surface area contributed by atoms with Crippen LogP contribution in [0.4, 0.5) is 0 Å². The lowest BCUT2D eigenvalue weighted by atomic mass is 9.97. The Morgan fingerprint density at radius 2 is 1.68 bits per heavy atom. The van der Waals surface area contributed by atoms with Gasteiger partial charge >= 0.3 is 0 Å². The number of benzene rings is 1. The Kier molecular flexibility index (Phi) is 8.74. The Bertz CT molecular complexity index is 365. The van der Waals surface area contributed by atoms with Crippen molar-refractivity contribution in [3.05, 3.63) is 60.2 Å². The van der Waals surface area contributed by atoms with Crippen LogP contribution >= 0.6 is 0 Å². The fourth-order valence-corrected chi connectivity index (χ4v) is 2.03. The summed E-state index contributed by atoms with van der Waals surface area (Å²) >= 11 is 0. The summed E-state index contributed by atoms with van der Waals surface area (Å²) in [6, 6.07) is 10.5. The van der Waals surface area contributed by atoms with Gasteiger partial charge in [-0.2, -0.15) is 0 Å². The van der Waals surface area contributed by atoms with Gasteiger partial charge in [0.05, 0.1) is 0 Å². The van der Waals surface area contributed by atoms with Gasteiger partial charge in [0.1, 0.15) is 0 Å². The maximum atomic E-state index is 8.85. The van der Waals surface area contributed by atoms with Crippen LogP contribution in [-0.2, 0) is 0 Å². The molecule has 1 aromatic rings. The van der Waals surface area contributed by atoms with Crippen LogP contribution in [0.15, 0.2) is 54.6 Å². The predicted octanol–water partition coefficient (Wildman–Crippen LogP) is 4.85. The average Bonchev–Trinajstić information content (AvgIpc) is 2.46. The minimum absolute atomic E-state index is 0.220. The van der Waals surface area contributed by atoms with Gasteiger partial charge in [0, 0.05) is 12.5 Å². The molecule has 0 saturated carbocycles. The van der Waals surface area contributed by atoms with E-state index < -0.39 is 0 Å². The second-order valence-electron chi connectivity index (χ2n) is 4.80. The maximum Gasteiger partial charge on any atom is 0.0465 e. The van der Waals surface area contributed by atoms with E-state index in [2.05, 4.69) is 55.5 Å². The van der Waals surface area contributed by atoms with E-state index in [0.717, 1.165) is 12.8 Å². The zero-order valence-electron chi connectivity index (χ0n) is 12.0. The molecule has 104 valence electrons. The molecule has 0 aromatic heterocycles. The van der Waals surface area contributed by atoms with Crippen molar-refractivity contribution >= 4 is 0 Å². The van der Waals surface area contributed by atoms with Crippen LogP contribution in [0.5, 0.6) is 0 Å². The van der Waals surface area contributed by atoms with Gasteiger partial charge in [0.15, 0.2) is 0 Å². The standard InChI is InChI=1S/C18H26O/c1-2-3-4-5-7-12-18(15-10-11-16-19)17-13-8-6-9-14-17/h6-10,12-15,18-19H,2-5,11,16H2,1H3/b12-7-,15-10-/t18-/m1/s1. The molecule has 1 atom stereocenters. The topological polar surface area (TPSA) is 20.2 Å². The van der Waals surface area contributed by atoms with Gasteiger partial charge in [-0.15, -0.1) is 0 Å². The van der Waals surface area contributed by atoms with E-state index >= 15 is 0 Å². The number of hydrogen-bond acceptors (Lipinski definition) is 1. The number of rotatable bonds is 9. The molecule has 0 aliphatic carbocycles. The molecular weight excluding hydrogens is 232 g/mol. The molecule has 1 nitrogen and oxygen atoms in total. The number of allylic oxidation sites excluding steroid dienone is 3. The third kappa shape index (κ3) is 6.97. The van der Waals surface area contributed by atoms with Crippen LogP contribution in [0.2, 0.25) is 0 Å². The van der Waals surface area contributed by atoms with Crippen molar-refractivity contribution in [3.8, 4) is 0 Å². The second kappa shape index (κ2) is 10.6. The van der Waals surface area contributed by atoms with E-state index in [9.17, 15) is 0 Å². The highest BCUT2D eigenvalue weighted by Gasteiger charge is 2.02. The van der Waals surface area contributed by atoms with Crippen molar-refractivity contribution in [3.63, 3.8) is 0 Å². The SMILES string of the molecule is CCCCC/C=C\[C@H](/C=C\CCO)c1ccccc1. The summed E-state index contributed by atoms with van der Waals surface area (Å²) in [5, 5.41) is 8.85. The molecule has 0 aliphatic heterocycles. The molecule has 0 bridgehead atoms. The summed E-state index contributed by atoms with van der Waals surface area (Å²) in [5.41, 5.74) is 1.31. The van der Waals surface area contributed by atoms with E-state index in [1.54, 1.807) is 0 Å². The van der Waals surface area contributed by atoms with Crippen LogP contribution in [0.3, 0.4) is 0 Å². The van der Waals surface area contributed by atoms with E-state index in [1.165, 1.54) is 24.8 Å². The summed E-state index contributed by atoms with van der Waals surface area (Å²) in [6.07, 6.45) is 14.5. The van der Waals surface area contributed by atoms with Crippen molar-refractivity contribution in [2.75, 3.05) is 6.61 Å². The highest BCUT2D eigenvalue weighted by Crippen LogP contribution is 2.19. The van der Waals surface area contributed by atoms with Gasteiger partial charge in [-0.05, 0) is 24.8 Å². The first-order chi connectivity index (χ1) is 9.38. The van der Waals surface area contributed by atoms with Crippen molar-refractivity contribution in [1.29, 1.82) is 0 Å². The monoisotopic (exact) mass is 258 g/mol. The molecule has 0 radical (unpaired) electrons. The predicted molar refractivity (Wildman–Crippen MR) is 83.3 cm³/mol. The molecule has 0 spiro atoms. The smallest absolute Gasteiger partial charge is 0.0465 e. The maximum absolute atomic E-state index is 8.85. The van der Waals surface area contributed by atoms with Crippen LogP contribution in [-0.4, -0.2) is 11.7 Å². The van der Waals surface area contributed by atoms with Gasteiger partial charge < -0.3 is 5.11 Å². The van der Waals surface area contributed by atoms with E-state index in [1.807, 2.05) is 6.07 Å². The normalized spacial score (nSPS) is 13.4. The number of hydrogen-bond donors (Lipinski definition) is 1. The van der Waals surface area contributed by atoms with Crippen LogP contribution in [0.1, 0.15) is 50.5 Å². The molecular formula is C18H26O. The second-order valence-corrected chi connectivity index (χ2v) is 4.80. The minimum Gasteiger partial charge on any atom is -0.396 e. The van der Waals surface area contributed by atoms with Crippen LogP contribution in [0, 0.1) is 0 Å². The molecule has 0 saturated heterocycles. The van der Waals surface area contributed by atoms with E-state index in [4.69, 9.17) is 5.11 Å². The molecule has 0 fully saturated rings. The Labute approximate surface area is 117 Å². The third-order valence-electron chi connectivity index (χ3n) is 3.14. The van der Waals surface area contributed by atoms with Gasteiger partial charge in [-0.25, -0.2) is 0 Å². The van der Waals surface area contributed by atoms with Gasteiger partial charge in [-0.1, -0.05) is 74.4 Å². The summed E-state index contributed by atoms with van der Waals surface area (Å²) < 4.78 is 0. The molecule has 0 unspecified atom stereocenters. The van der Waals surface area contributed by atoms with Gasteiger partial charge in [0.2, 0.25) is 0 Å². The summed E-state index contributed by atoms with van der Waals surface area (Å²) in [4.78, 5) is 0. The summed E-state index contributed by atoms with van der Waals surface area (Å²) in [7, 11) is 0. The molecule has 0 heterocycles. The van der Waals surface area contributed by atoms with E-state index in [0.29, 0.717) is 5.92 Å². The summed E-state index contributed by atoms with van der Waals surface area (Å²) in [6.45, 7) is 2.45. The highest BCUT2D eigenvalue weighted by atomic mass is 16.2. The zero-order chi connectivity index (χ0) is 13.8. The van der Waals surface area contributed by atoms with Crippen molar-refractivity contribution in [2.45, 2.75) is 44.9 Å². The lowest BCUT2D eigenvalue weighted by Crippen LogP contribution is -1.91.